The molecule has 2 N–H and O–H groups in total. The maximum atomic E-state index is 11.5. The quantitative estimate of drug-likeness (QED) is 0.726. The molecular weight excluding hydrogens is 208 g/mol. The number of aliphatic carboxylic acids is 1. The molecule has 0 bridgehead atoms. The molecule has 0 saturated carbocycles. The highest BCUT2D eigenvalue weighted by Gasteiger charge is 2.37. The summed E-state index contributed by atoms with van der Waals surface area (Å²) in [4.78, 5) is 24.3. The third kappa shape index (κ3) is 3.20. The first-order chi connectivity index (χ1) is 7.41. The molecule has 0 aromatic rings. The van der Waals surface area contributed by atoms with E-state index in [2.05, 4.69) is 5.32 Å². The molecule has 2 unspecified atom stereocenters. The van der Waals surface area contributed by atoms with Crippen LogP contribution in [0.1, 0.15) is 27.2 Å². The Morgan fingerprint density at radius 1 is 1.50 bits per heavy atom. The van der Waals surface area contributed by atoms with Gasteiger partial charge in [-0.15, -0.1) is 0 Å². The van der Waals surface area contributed by atoms with Gasteiger partial charge < -0.3 is 10.4 Å². The highest BCUT2D eigenvalue weighted by Crippen LogP contribution is 2.23. The molecule has 1 fully saturated rings. The van der Waals surface area contributed by atoms with Crippen molar-refractivity contribution in [2.24, 2.45) is 5.92 Å². The predicted octanol–water partition coefficient (Wildman–Crippen LogP) is 0.306. The standard InChI is InChI=1S/C11H20N2O3/c1-7(2)12-9(14)6-13-5-4-8(3)10(13)11(15)16/h7-8,10H,4-6H2,1-3H3,(H,12,14)(H,15,16). The summed E-state index contributed by atoms with van der Waals surface area (Å²) in [5.41, 5.74) is 0. The molecule has 1 saturated heterocycles. The number of hydrogen-bond acceptors (Lipinski definition) is 3. The Balaban J connectivity index is 2.53. The van der Waals surface area contributed by atoms with E-state index in [1.807, 2.05) is 20.8 Å². The van der Waals surface area contributed by atoms with Gasteiger partial charge >= 0.3 is 5.97 Å². The van der Waals surface area contributed by atoms with Gasteiger partial charge in [0.15, 0.2) is 0 Å². The van der Waals surface area contributed by atoms with E-state index in [0.717, 1.165) is 6.42 Å². The third-order valence-corrected chi connectivity index (χ3v) is 2.85. The van der Waals surface area contributed by atoms with E-state index >= 15 is 0 Å². The molecule has 1 heterocycles. The molecule has 0 spiro atoms. The second-order valence-electron chi connectivity index (χ2n) is 4.74. The Kier molecular flexibility index (Phi) is 4.29. The van der Waals surface area contributed by atoms with Crippen LogP contribution in [-0.4, -0.2) is 47.1 Å². The largest absolute Gasteiger partial charge is 0.480 e. The molecule has 0 aliphatic carbocycles. The van der Waals surface area contributed by atoms with Gasteiger partial charge in [0.25, 0.3) is 0 Å². The highest BCUT2D eigenvalue weighted by atomic mass is 16.4. The van der Waals surface area contributed by atoms with Crippen molar-refractivity contribution in [1.82, 2.24) is 10.2 Å². The maximum absolute atomic E-state index is 11.5. The van der Waals surface area contributed by atoms with Crippen LogP contribution in [0.4, 0.5) is 0 Å². The molecule has 0 radical (unpaired) electrons. The second kappa shape index (κ2) is 5.30. The molecule has 5 heteroatoms. The Hall–Kier alpha value is -1.10. The molecule has 1 aliphatic heterocycles. The van der Waals surface area contributed by atoms with E-state index in [1.165, 1.54) is 0 Å². The Morgan fingerprint density at radius 3 is 2.62 bits per heavy atom. The Bertz CT molecular complexity index is 278. The van der Waals surface area contributed by atoms with Gasteiger partial charge in [-0.3, -0.25) is 14.5 Å². The van der Waals surface area contributed by atoms with Crippen molar-refractivity contribution >= 4 is 11.9 Å². The molecular formula is C11H20N2O3. The van der Waals surface area contributed by atoms with Crippen LogP contribution in [0.5, 0.6) is 0 Å². The molecule has 2 atom stereocenters. The molecule has 0 aromatic carbocycles. The monoisotopic (exact) mass is 228 g/mol. The summed E-state index contributed by atoms with van der Waals surface area (Å²) in [6.07, 6.45) is 0.839. The topological polar surface area (TPSA) is 69.6 Å². The average molecular weight is 228 g/mol. The van der Waals surface area contributed by atoms with Gasteiger partial charge in [-0.05, 0) is 32.7 Å². The summed E-state index contributed by atoms with van der Waals surface area (Å²) in [5, 5.41) is 11.8. The normalized spacial score (nSPS) is 26.0. The van der Waals surface area contributed by atoms with Crippen LogP contribution in [0.2, 0.25) is 0 Å². The first-order valence-electron chi connectivity index (χ1n) is 5.68. The van der Waals surface area contributed by atoms with Crippen molar-refractivity contribution in [2.45, 2.75) is 39.3 Å². The van der Waals surface area contributed by atoms with Crippen molar-refractivity contribution in [2.75, 3.05) is 13.1 Å². The highest BCUT2D eigenvalue weighted by molar-refractivity contribution is 5.80. The van der Waals surface area contributed by atoms with Gasteiger partial charge in [0.1, 0.15) is 6.04 Å². The number of hydrogen-bond donors (Lipinski definition) is 2. The van der Waals surface area contributed by atoms with Crippen molar-refractivity contribution in [3.8, 4) is 0 Å². The summed E-state index contributed by atoms with van der Waals surface area (Å²) in [7, 11) is 0. The number of amides is 1. The SMILES string of the molecule is CC(C)NC(=O)CN1CCC(C)C1C(=O)O. The number of nitrogens with one attached hydrogen (secondary N) is 1. The van der Waals surface area contributed by atoms with Crippen molar-refractivity contribution < 1.29 is 14.7 Å². The first-order valence-corrected chi connectivity index (χ1v) is 5.68. The van der Waals surface area contributed by atoms with E-state index in [1.54, 1.807) is 4.90 Å². The summed E-state index contributed by atoms with van der Waals surface area (Å²) in [6, 6.07) is -0.422. The molecule has 1 rings (SSSR count). The molecule has 92 valence electrons. The number of nitrogens with zero attached hydrogens (tertiary/aromatic N) is 1. The smallest absolute Gasteiger partial charge is 0.321 e. The fourth-order valence-electron chi connectivity index (χ4n) is 2.16. The number of carboxylic acid groups (broad SMARTS) is 1. The van der Waals surface area contributed by atoms with E-state index in [-0.39, 0.29) is 24.4 Å². The van der Waals surface area contributed by atoms with Gasteiger partial charge in [-0.2, -0.15) is 0 Å². The first kappa shape index (κ1) is 13.0. The van der Waals surface area contributed by atoms with E-state index in [0.29, 0.717) is 6.54 Å². The molecule has 5 nitrogen and oxygen atoms in total. The van der Waals surface area contributed by atoms with Crippen LogP contribution in [0.3, 0.4) is 0 Å². The summed E-state index contributed by atoms with van der Waals surface area (Å²) < 4.78 is 0. The zero-order valence-corrected chi connectivity index (χ0v) is 10.1. The van der Waals surface area contributed by atoms with Crippen molar-refractivity contribution in [3.63, 3.8) is 0 Å². The minimum atomic E-state index is -0.831. The number of likely N-dealkylation sites (tertiary alicyclic amines) is 1. The summed E-state index contributed by atoms with van der Waals surface area (Å²) >= 11 is 0. The summed E-state index contributed by atoms with van der Waals surface area (Å²) in [5.74, 6) is -0.818. The lowest BCUT2D eigenvalue weighted by molar-refractivity contribution is -0.143. The molecule has 1 amide bonds. The van der Waals surface area contributed by atoms with Gasteiger partial charge in [0.2, 0.25) is 5.91 Å². The van der Waals surface area contributed by atoms with E-state index < -0.39 is 12.0 Å². The van der Waals surface area contributed by atoms with E-state index in [9.17, 15) is 9.59 Å². The number of rotatable bonds is 4. The lowest BCUT2D eigenvalue weighted by Crippen LogP contribution is -2.45. The fraction of sp³-hybridized carbons (Fsp3) is 0.818. The van der Waals surface area contributed by atoms with Crippen LogP contribution in [0.25, 0.3) is 0 Å². The molecule has 16 heavy (non-hydrogen) atoms. The average Bonchev–Trinajstić information content (AvgIpc) is 2.45. The Labute approximate surface area is 95.8 Å². The van der Waals surface area contributed by atoms with Crippen LogP contribution in [-0.2, 0) is 9.59 Å². The van der Waals surface area contributed by atoms with Crippen LogP contribution in [0.15, 0.2) is 0 Å². The van der Waals surface area contributed by atoms with Gasteiger partial charge in [0, 0.05) is 6.04 Å². The molecule has 0 aromatic heterocycles. The van der Waals surface area contributed by atoms with Gasteiger partial charge in [-0.25, -0.2) is 0 Å². The number of carbonyl (C=O) groups excluding carboxylic acids is 1. The number of carbonyl (C=O) groups is 2. The predicted molar refractivity (Wildman–Crippen MR) is 60.1 cm³/mol. The maximum Gasteiger partial charge on any atom is 0.321 e. The Morgan fingerprint density at radius 2 is 2.12 bits per heavy atom. The lowest BCUT2D eigenvalue weighted by Gasteiger charge is -2.22. The van der Waals surface area contributed by atoms with Gasteiger partial charge in [0.05, 0.1) is 6.54 Å². The zero-order chi connectivity index (χ0) is 12.3. The summed E-state index contributed by atoms with van der Waals surface area (Å²) in [6.45, 7) is 6.56. The van der Waals surface area contributed by atoms with Crippen molar-refractivity contribution in [1.29, 1.82) is 0 Å². The lowest BCUT2D eigenvalue weighted by atomic mass is 10.0. The molecule has 1 aliphatic rings. The minimum absolute atomic E-state index is 0.0933. The van der Waals surface area contributed by atoms with Crippen LogP contribution >= 0.6 is 0 Å². The second-order valence-corrected chi connectivity index (χ2v) is 4.74. The van der Waals surface area contributed by atoms with E-state index in [4.69, 9.17) is 5.11 Å². The third-order valence-electron chi connectivity index (χ3n) is 2.85. The van der Waals surface area contributed by atoms with Crippen LogP contribution < -0.4 is 5.32 Å². The fourth-order valence-corrected chi connectivity index (χ4v) is 2.16. The number of carboxylic acids is 1. The minimum Gasteiger partial charge on any atom is -0.480 e. The zero-order valence-electron chi connectivity index (χ0n) is 10.1. The van der Waals surface area contributed by atoms with Crippen molar-refractivity contribution in [3.05, 3.63) is 0 Å². The van der Waals surface area contributed by atoms with Crippen LogP contribution in [0, 0.1) is 5.92 Å². The van der Waals surface area contributed by atoms with Gasteiger partial charge in [-0.1, -0.05) is 6.92 Å².